The van der Waals surface area contributed by atoms with Crippen molar-refractivity contribution in [3.63, 3.8) is 0 Å². The molecular formula is C26H26F3N3O2. The Morgan fingerprint density at radius 1 is 1.00 bits per heavy atom. The lowest BCUT2D eigenvalue weighted by Gasteiger charge is -2.10. The summed E-state index contributed by atoms with van der Waals surface area (Å²) in [6.07, 6.45) is -5.08. The molecule has 3 aromatic carbocycles. The number of aliphatic carboxylic acids is 1. The summed E-state index contributed by atoms with van der Waals surface area (Å²) in [4.78, 5) is 17.2. The van der Waals surface area contributed by atoms with Crippen LogP contribution in [0.25, 0.3) is 33.5 Å². The topological polar surface area (TPSA) is 78.0 Å². The lowest BCUT2D eigenvalue weighted by Crippen LogP contribution is -2.21. The number of nitrogens with one attached hydrogen (secondary N) is 2. The maximum absolute atomic E-state index is 10.6. The molecule has 178 valence electrons. The Hall–Kier alpha value is -3.65. The number of nitrogens with zero attached hydrogens (tertiary/aromatic N) is 1. The first kappa shape index (κ1) is 25.0. The fraction of sp³-hybridized carbons (Fsp3) is 0.231. The van der Waals surface area contributed by atoms with Crippen molar-refractivity contribution in [1.29, 1.82) is 0 Å². The molecule has 0 bridgehead atoms. The number of carboxylic acid groups (broad SMARTS) is 1. The Bertz CT molecular complexity index is 1280. The molecule has 0 saturated heterocycles. The van der Waals surface area contributed by atoms with Crippen molar-refractivity contribution in [1.82, 2.24) is 15.3 Å². The number of fused-ring (bicyclic) bond motifs is 1. The molecule has 8 heteroatoms. The third-order valence-corrected chi connectivity index (χ3v) is 5.07. The molecule has 4 aromatic rings. The minimum absolute atomic E-state index is 0.480. The molecule has 0 atom stereocenters. The summed E-state index contributed by atoms with van der Waals surface area (Å²) in [6, 6.07) is 24.0. The van der Waals surface area contributed by atoms with Gasteiger partial charge in [0.2, 0.25) is 0 Å². The van der Waals surface area contributed by atoms with E-state index < -0.39 is 12.1 Å². The highest BCUT2D eigenvalue weighted by Gasteiger charge is 2.38. The predicted octanol–water partition coefficient (Wildman–Crippen LogP) is 6.34. The summed E-state index contributed by atoms with van der Waals surface area (Å²) >= 11 is 0. The summed E-state index contributed by atoms with van der Waals surface area (Å²) in [5.74, 6) is -1.84. The number of H-pyrrole nitrogens is 1. The van der Waals surface area contributed by atoms with Crippen LogP contribution in [-0.4, -0.2) is 33.3 Å². The first-order valence-corrected chi connectivity index (χ1v) is 10.7. The van der Waals surface area contributed by atoms with E-state index in [0.29, 0.717) is 6.04 Å². The Labute approximate surface area is 195 Å². The number of halogens is 3. The summed E-state index contributed by atoms with van der Waals surface area (Å²) in [6.45, 7) is 7.32. The molecule has 34 heavy (non-hydrogen) atoms. The van der Waals surface area contributed by atoms with Crippen LogP contribution in [0.4, 0.5) is 13.2 Å². The highest BCUT2D eigenvalue weighted by Crippen LogP contribution is 2.27. The maximum atomic E-state index is 10.6. The first-order valence-electron chi connectivity index (χ1n) is 10.7. The number of benzene rings is 3. The van der Waals surface area contributed by atoms with Crippen LogP contribution in [0, 0.1) is 6.92 Å². The van der Waals surface area contributed by atoms with Gasteiger partial charge >= 0.3 is 12.1 Å². The number of rotatable bonds is 5. The Kier molecular flexibility index (Phi) is 7.73. The summed E-state index contributed by atoms with van der Waals surface area (Å²) in [7, 11) is 0. The predicted molar refractivity (Wildman–Crippen MR) is 127 cm³/mol. The number of para-hydroxylation sites is 1. The standard InChI is InChI=1S/C24H25N3.C2HF3O2/c1-16(2)25-15-18-8-5-9-19(13-18)20-10-6-11-21(14-20)24-26-22-12-4-7-17(3)23(22)27-24;3-2(4,5)1(6)7/h4-14,16,25H,15H2,1-3H3,(H,26,27);(H,6,7). The van der Waals surface area contributed by atoms with E-state index in [2.05, 4.69) is 97.8 Å². The zero-order valence-corrected chi connectivity index (χ0v) is 19.1. The monoisotopic (exact) mass is 469 g/mol. The van der Waals surface area contributed by atoms with Crippen LogP contribution in [0.15, 0.2) is 66.7 Å². The highest BCUT2D eigenvalue weighted by atomic mass is 19.4. The highest BCUT2D eigenvalue weighted by molar-refractivity contribution is 5.83. The van der Waals surface area contributed by atoms with E-state index >= 15 is 0 Å². The molecule has 5 nitrogen and oxygen atoms in total. The van der Waals surface area contributed by atoms with E-state index in [-0.39, 0.29) is 0 Å². The lowest BCUT2D eigenvalue weighted by atomic mass is 10.0. The molecule has 0 unspecified atom stereocenters. The zero-order valence-electron chi connectivity index (χ0n) is 19.1. The van der Waals surface area contributed by atoms with Gasteiger partial charge in [0, 0.05) is 18.2 Å². The molecule has 0 saturated carbocycles. The SMILES string of the molecule is Cc1cccc2[nH]c(-c3cccc(-c4cccc(CNC(C)C)c4)c3)nc12.O=C(O)C(F)(F)F. The van der Waals surface area contributed by atoms with E-state index in [0.717, 1.165) is 29.0 Å². The Morgan fingerprint density at radius 2 is 1.59 bits per heavy atom. The van der Waals surface area contributed by atoms with Gasteiger partial charge in [-0.15, -0.1) is 0 Å². The van der Waals surface area contributed by atoms with Crippen molar-refractivity contribution >= 4 is 17.0 Å². The van der Waals surface area contributed by atoms with Crippen molar-refractivity contribution in [3.8, 4) is 22.5 Å². The molecule has 3 N–H and O–H groups in total. The molecule has 0 amide bonds. The van der Waals surface area contributed by atoms with Crippen molar-refractivity contribution in [2.75, 3.05) is 0 Å². The molecule has 0 aliphatic carbocycles. The number of aromatic amines is 1. The van der Waals surface area contributed by atoms with Crippen LogP contribution in [0.1, 0.15) is 25.0 Å². The van der Waals surface area contributed by atoms with Gasteiger partial charge in [-0.3, -0.25) is 0 Å². The number of alkyl halides is 3. The molecule has 0 fully saturated rings. The largest absolute Gasteiger partial charge is 0.490 e. The third-order valence-electron chi connectivity index (χ3n) is 5.07. The third kappa shape index (κ3) is 6.45. The van der Waals surface area contributed by atoms with Gasteiger partial charge < -0.3 is 15.4 Å². The number of hydrogen-bond acceptors (Lipinski definition) is 3. The minimum atomic E-state index is -5.08. The number of carboxylic acids is 1. The summed E-state index contributed by atoms with van der Waals surface area (Å²) in [5.41, 5.74) is 8.15. The second-order valence-electron chi connectivity index (χ2n) is 8.18. The molecule has 0 aliphatic rings. The van der Waals surface area contributed by atoms with Crippen LogP contribution in [0.5, 0.6) is 0 Å². The molecule has 1 heterocycles. The molecule has 0 spiro atoms. The molecule has 4 rings (SSSR count). The van der Waals surface area contributed by atoms with Crippen LogP contribution in [-0.2, 0) is 11.3 Å². The van der Waals surface area contributed by atoms with Crippen LogP contribution >= 0.6 is 0 Å². The van der Waals surface area contributed by atoms with Crippen LogP contribution < -0.4 is 5.32 Å². The van der Waals surface area contributed by atoms with Crippen molar-refractivity contribution in [2.45, 2.75) is 39.5 Å². The van der Waals surface area contributed by atoms with Gasteiger partial charge in [-0.05, 0) is 47.4 Å². The quantitative estimate of drug-likeness (QED) is 0.319. The molecule has 1 aromatic heterocycles. The average molecular weight is 470 g/mol. The van der Waals surface area contributed by atoms with Gasteiger partial charge in [0.15, 0.2) is 0 Å². The molecular weight excluding hydrogens is 443 g/mol. The van der Waals surface area contributed by atoms with Crippen molar-refractivity contribution < 1.29 is 23.1 Å². The summed E-state index contributed by atoms with van der Waals surface area (Å²) < 4.78 is 31.7. The zero-order chi connectivity index (χ0) is 24.9. The van der Waals surface area contributed by atoms with Crippen molar-refractivity contribution in [2.24, 2.45) is 0 Å². The molecule has 0 radical (unpaired) electrons. The van der Waals surface area contributed by atoms with Gasteiger partial charge in [0.1, 0.15) is 5.82 Å². The Balaban J connectivity index is 0.000000406. The van der Waals surface area contributed by atoms with Crippen LogP contribution in [0.2, 0.25) is 0 Å². The van der Waals surface area contributed by atoms with E-state index in [4.69, 9.17) is 14.9 Å². The van der Waals surface area contributed by atoms with Gasteiger partial charge in [0.05, 0.1) is 11.0 Å². The van der Waals surface area contributed by atoms with Gasteiger partial charge in [0.25, 0.3) is 0 Å². The van der Waals surface area contributed by atoms with Crippen molar-refractivity contribution in [3.05, 3.63) is 77.9 Å². The minimum Gasteiger partial charge on any atom is -0.475 e. The average Bonchev–Trinajstić information content (AvgIpc) is 3.24. The number of imidazole rings is 1. The normalized spacial score (nSPS) is 11.4. The van der Waals surface area contributed by atoms with Crippen LogP contribution in [0.3, 0.4) is 0 Å². The first-order chi connectivity index (χ1) is 16.0. The summed E-state index contributed by atoms with van der Waals surface area (Å²) in [5, 5.41) is 10.6. The Morgan fingerprint density at radius 3 is 2.21 bits per heavy atom. The van der Waals surface area contributed by atoms with E-state index in [1.807, 2.05) is 0 Å². The smallest absolute Gasteiger partial charge is 0.475 e. The fourth-order valence-electron chi connectivity index (χ4n) is 3.34. The second kappa shape index (κ2) is 10.5. The second-order valence-corrected chi connectivity index (χ2v) is 8.18. The van der Waals surface area contributed by atoms with E-state index in [1.54, 1.807) is 0 Å². The van der Waals surface area contributed by atoms with Gasteiger partial charge in [-0.1, -0.05) is 62.4 Å². The van der Waals surface area contributed by atoms with E-state index in [1.165, 1.54) is 22.3 Å². The maximum Gasteiger partial charge on any atom is 0.490 e. The molecule has 0 aliphatic heterocycles. The van der Waals surface area contributed by atoms with E-state index in [9.17, 15) is 13.2 Å². The number of hydrogen-bond donors (Lipinski definition) is 3. The fourth-order valence-corrected chi connectivity index (χ4v) is 3.34. The lowest BCUT2D eigenvalue weighted by molar-refractivity contribution is -0.192. The number of carbonyl (C=O) groups is 1. The number of aromatic nitrogens is 2. The van der Waals surface area contributed by atoms with Gasteiger partial charge in [-0.2, -0.15) is 13.2 Å². The van der Waals surface area contributed by atoms with Gasteiger partial charge in [-0.25, -0.2) is 9.78 Å². The number of aryl methyl sites for hydroxylation is 1.